The molecule has 0 unspecified atom stereocenters. The molecule has 0 aliphatic carbocycles. The number of aromatic nitrogens is 2. The van der Waals surface area contributed by atoms with Gasteiger partial charge in [-0.3, -0.25) is 4.79 Å². The molecule has 0 spiro atoms. The molecule has 2 N–H and O–H groups in total. The Morgan fingerprint density at radius 1 is 0.857 bits per heavy atom. The SMILES string of the molecule is O=C(CCOc1ccccc1)Nc1ccc(NCCCc2ccccc2)nn1. The van der Waals surface area contributed by atoms with E-state index in [-0.39, 0.29) is 12.3 Å². The van der Waals surface area contributed by atoms with Crippen LogP contribution in [0.25, 0.3) is 0 Å². The maximum Gasteiger partial charge on any atom is 0.229 e. The molecule has 0 aliphatic rings. The van der Waals surface area contributed by atoms with E-state index in [1.165, 1.54) is 5.56 Å². The lowest BCUT2D eigenvalue weighted by Crippen LogP contribution is -2.16. The molecule has 0 bridgehead atoms. The summed E-state index contributed by atoms with van der Waals surface area (Å²) in [5.74, 6) is 1.71. The van der Waals surface area contributed by atoms with Crippen molar-refractivity contribution >= 4 is 17.5 Å². The van der Waals surface area contributed by atoms with Crippen molar-refractivity contribution in [2.24, 2.45) is 0 Å². The molecule has 0 saturated carbocycles. The van der Waals surface area contributed by atoms with E-state index in [0.717, 1.165) is 25.1 Å². The van der Waals surface area contributed by atoms with Crippen molar-refractivity contribution in [1.82, 2.24) is 10.2 Å². The molecule has 1 aromatic heterocycles. The fourth-order valence-electron chi connectivity index (χ4n) is 2.63. The summed E-state index contributed by atoms with van der Waals surface area (Å²) in [6, 6.07) is 23.3. The zero-order valence-electron chi connectivity index (χ0n) is 15.7. The third-order valence-electron chi connectivity index (χ3n) is 4.06. The summed E-state index contributed by atoms with van der Waals surface area (Å²) in [6.45, 7) is 1.12. The lowest BCUT2D eigenvalue weighted by molar-refractivity contribution is -0.116. The molecule has 28 heavy (non-hydrogen) atoms. The molecule has 0 atom stereocenters. The van der Waals surface area contributed by atoms with Gasteiger partial charge in [0.05, 0.1) is 13.0 Å². The number of anilines is 2. The molecular formula is C22H24N4O2. The van der Waals surface area contributed by atoms with Gasteiger partial charge in [-0.15, -0.1) is 10.2 Å². The first-order valence-electron chi connectivity index (χ1n) is 9.39. The Bertz CT molecular complexity index is 839. The molecule has 2 aromatic carbocycles. The molecule has 6 nitrogen and oxygen atoms in total. The quantitative estimate of drug-likeness (QED) is 0.524. The predicted molar refractivity (Wildman–Crippen MR) is 110 cm³/mol. The van der Waals surface area contributed by atoms with Gasteiger partial charge in [0.25, 0.3) is 0 Å². The van der Waals surface area contributed by atoms with Crippen molar-refractivity contribution in [3.05, 3.63) is 78.4 Å². The van der Waals surface area contributed by atoms with Crippen molar-refractivity contribution in [2.45, 2.75) is 19.3 Å². The van der Waals surface area contributed by atoms with Gasteiger partial charge in [-0.05, 0) is 42.7 Å². The number of aryl methyl sites for hydroxylation is 1. The highest BCUT2D eigenvalue weighted by Crippen LogP contribution is 2.10. The van der Waals surface area contributed by atoms with E-state index >= 15 is 0 Å². The molecule has 6 heteroatoms. The van der Waals surface area contributed by atoms with Gasteiger partial charge in [0.15, 0.2) is 5.82 Å². The third-order valence-corrected chi connectivity index (χ3v) is 4.06. The monoisotopic (exact) mass is 376 g/mol. The van der Waals surface area contributed by atoms with Crippen molar-refractivity contribution < 1.29 is 9.53 Å². The van der Waals surface area contributed by atoms with E-state index in [0.29, 0.717) is 18.2 Å². The van der Waals surface area contributed by atoms with E-state index < -0.39 is 0 Å². The summed E-state index contributed by atoms with van der Waals surface area (Å²) >= 11 is 0. The number of ether oxygens (including phenoxy) is 1. The van der Waals surface area contributed by atoms with Gasteiger partial charge in [0.2, 0.25) is 5.91 Å². The Morgan fingerprint density at radius 2 is 1.54 bits per heavy atom. The number of hydrogen-bond donors (Lipinski definition) is 2. The number of hydrogen-bond acceptors (Lipinski definition) is 5. The van der Waals surface area contributed by atoms with Crippen LogP contribution in [0.15, 0.2) is 72.8 Å². The molecule has 1 amide bonds. The molecule has 0 radical (unpaired) electrons. The number of para-hydroxylation sites is 1. The Kier molecular flexibility index (Phi) is 7.37. The minimum atomic E-state index is -0.159. The fraction of sp³-hybridized carbons (Fsp3) is 0.227. The topological polar surface area (TPSA) is 76.1 Å². The highest BCUT2D eigenvalue weighted by atomic mass is 16.5. The minimum Gasteiger partial charge on any atom is -0.493 e. The smallest absolute Gasteiger partial charge is 0.229 e. The van der Waals surface area contributed by atoms with Crippen LogP contribution in [-0.4, -0.2) is 29.3 Å². The Morgan fingerprint density at radius 3 is 2.25 bits per heavy atom. The molecular weight excluding hydrogens is 352 g/mol. The second kappa shape index (κ2) is 10.7. The summed E-state index contributed by atoms with van der Waals surface area (Å²) in [7, 11) is 0. The lowest BCUT2D eigenvalue weighted by Gasteiger charge is -2.08. The van der Waals surface area contributed by atoms with Crippen LogP contribution in [0.1, 0.15) is 18.4 Å². The predicted octanol–water partition coefficient (Wildman–Crippen LogP) is 3.93. The van der Waals surface area contributed by atoms with E-state index in [4.69, 9.17) is 4.74 Å². The van der Waals surface area contributed by atoms with Crippen LogP contribution in [0.3, 0.4) is 0 Å². The van der Waals surface area contributed by atoms with Gasteiger partial charge < -0.3 is 15.4 Å². The summed E-state index contributed by atoms with van der Waals surface area (Å²) in [5, 5.41) is 14.1. The first-order valence-corrected chi connectivity index (χ1v) is 9.39. The van der Waals surface area contributed by atoms with Crippen LogP contribution < -0.4 is 15.4 Å². The van der Waals surface area contributed by atoms with Crippen LogP contribution in [0.5, 0.6) is 5.75 Å². The van der Waals surface area contributed by atoms with E-state index in [9.17, 15) is 4.79 Å². The van der Waals surface area contributed by atoms with Gasteiger partial charge in [0.1, 0.15) is 11.6 Å². The number of benzene rings is 2. The number of carbonyl (C=O) groups excluding carboxylic acids is 1. The van der Waals surface area contributed by atoms with Crippen LogP contribution in [0, 0.1) is 0 Å². The first kappa shape index (κ1) is 19.4. The standard InChI is InChI=1S/C22H24N4O2/c27-22(15-17-28-19-11-5-2-6-12-19)24-21-14-13-20(25-26-21)23-16-7-10-18-8-3-1-4-9-18/h1-6,8-9,11-14H,7,10,15-17H2,(H,23,25)(H,24,26,27). The lowest BCUT2D eigenvalue weighted by atomic mass is 10.1. The maximum atomic E-state index is 12.0. The highest BCUT2D eigenvalue weighted by Gasteiger charge is 2.05. The zero-order valence-corrected chi connectivity index (χ0v) is 15.7. The molecule has 3 aromatic rings. The minimum absolute atomic E-state index is 0.159. The van der Waals surface area contributed by atoms with Gasteiger partial charge in [0, 0.05) is 6.54 Å². The highest BCUT2D eigenvalue weighted by molar-refractivity contribution is 5.89. The largest absolute Gasteiger partial charge is 0.493 e. The van der Waals surface area contributed by atoms with Crippen LogP contribution in [0.2, 0.25) is 0 Å². The summed E-state index contributed by atoms with van der Waals surface area (Å²) in [6.07, 6.45) is 2.27. The molecule has 144 valence electrons. The van der Waals surface area contributed by atoms with Crippen molar-refractivity contribution in [1.29, 1.82) is 0 Å². The molecule has 3 rings (SSSR count). The molecule has 0 fully saturated rings. The second-order valence-corrected chi connectivity index (χ2v) is 6.28. The van der Waals surface area contributed by atoms with Crippen LogP contribution in [-0.2, 0) is 11.2 Å². The average molecular weight is 376 g/mol. The Hall–Kier alpha value is -3.41. The second-order valence-electron chi connectivity index (χ2n) is 6.28. The maximum absolute atomic E-state index is 12.0. The molecule has 0 aliphatic heterocycles. The van der Waals surface area contributed by atoms with Crippen molar-refractivity contribution in [3.63, 3.8) is 0 Å². The van der Waals surface area contributed by atoms with E-state index in [1.54, 1.807) is 6.07 Å². The fourth-order valence-corrected chi connectivity index (χ4v) is 2.63. The van der Waals surface area contributed by atoms with E-state index in [2.05, 4.69) is 45.1 Å². The first-order chi connectivity index (χ1) is 13.8. The van der Waals surface area contributed by atoms with Crippen molar-refractivity contribution in [3.8, 4) is 5.75 Å². The zero-order chi connectivity index (χ0) is 19.4. The van der Waals surface area contributed by atoms with Gasteiger partial charge in [-0.2, -0.15) is 0 Å². The number of nitrogens with one attached hydrogen (secondary N) is 2. The summed E-state index contributed by atoms with van der Waals surface area (Å²) < 4.78 is 5.51. The molecule has 0 saturated heterocycles. The number of nitrogens with zero attached hydrogens (tertiary/aromatic N) is 2. The average Bonchev–Trinajstić information content (AvgIpc) is 2.74. The normalized spacial score (nSPS) is 10.3. The van der Waals surface area contributed by atoms with Crippen LogP contribution >= 0.6 is 0 Å². The van der Waals surface area contributed by atoms with Gasteiger partial charge in [-0.25, -0.2) is 0 Å². The van der Waals surface area contributed by atoms with Gasteiger partial charge >= 0.3 is 0 Å². The summed E-state index contributed by atoms with van der Waals surface area (Å²) in [4.78, 5) is 12.0. The number of rotatable bonds is 10. The van der Waals surface area contributed by atoms with Gasteiger partial charge in [-0.1, -0.05) is 48.5 Å². The van der Waals surface area contributed by atoms with Crippen molar-refractivity contribution in [2.75, 3.05) is 23.8 Å². The Balaban J connectivity index is 1.33. The Labute approximate surface area is 165 Å². The number of amides is 1. The molecule has 1 heterocycles. The third kappa shape index (κ3) is 6.72. The van der Waals surface area contributed by atoms with Crippen LogP contribution in [0.4, 0.5) is 11.6 Å². The van der Waals surface area contributed by atoms with E-state index in [1.807, 2.05) is 42.5 Å². The summed E-state index contributed by atoms with van der Waals surface area (Å²) in [5.41, 5.74) is 1.32. The number of carbonyl (C=O) groups is 1.